The van der Waals surface area contributed by atoms with Gasteiger partial charge in [-0.25, -0.2) is 4.98 Å². The molecule has 1 aromatic heterocycles. The Morgan fingerprint density at radius 3 is 2.87 bits per heavy atom. The van der Waals surface area contributed by atoms with Crippen molar-refractivity contribution in [3.8, 4) is 0 Å². The van der Waals surface area contributed by atoms with E-state index >= 15 is 0 Å². The second kappa shape index (κ2) is 4.19. The van der Waals surface area contributed by atoms with Crippen molar-refractivity contribution in [2.75, 3.05) is 0 Å². The molecule has 0 radical (unpaired) electrons. The fourth-order valence-electron chi connectivity index (χ4n) is 1.51. The standard InChI is InChI=1S/C11H13ClN2O/c1-7(8-2-3-8)14-11(15)9-4-5-10(12)13-6-9/h4-8H,2-3H2,1H3,(H,14,15). The van der Waals surface area contributed by atoms with E-state index in [0.717, 1.165) is 0 Å². The fraction of sp³-hybridized carbons (Fsp3) is 0.455. The Balaban J connectivity index is 1.97. The molecule has 1 N–H and O–H groups in total. The number of aromatic nitrogens is 1. The van der Waals surface area contributed by atoms with Crippen molar-refractivity contribution >= 4 is 17.5 Å². The Kier molecular flexibility index (Phi) is 2.91. The van der Waals surface area contributed by atoms with E-state index < -0.39 is 0 Å². The monoisotopic (exact) mass is 224 g/mol. The molecule has 0 spiro atoms. The average Bonchev–Trinajstić information content (AvgIpc) is 3.01. The van der Waals surface area contributed by atoms with Crippen LogP contribution in [0, 0.1) is 5.92 Å². The Morgan fingerprint density at radius 1 is 1.60 bits per heavy atom. The van der Waals surface area contributed by atoms with Crippen LogP contribution in [0.1, 0.15) is 30.1 Å². The molecule has 1 aliphatic carbocycles. The van der Waals surface area contributed by atoms with Gasteiger partial charge in [-0.1, -0.05) is 11.6 Å². The number of carbonyl (C=O) groups excluding carboxylic acids is 1. The van der Waals surface area contributed by atoms with Gasteiger partial charge in [-0.2, -0.15) is 0 Å². The van der Waals surface area contributed by atoms with Crippen molar-refractivity contribution in [1.29, 1.82) is 0 Å². The van der Waals surface area contributed by atoms with Crippen molar-refractivity contribution in [1.82, 2.24) is 10.3 Å². The molecule has 0 aliphatic heterocycles. The zero-order valence-electron chi connectivity index (χ0n) is 8.53. The summed E-state index contributed by atoms with van der Waals surface area (Å²) in [4.78, 5) is 15.6. The van der Waals surface area contributed by atoms with Crippen molar-refractivity contribution in [3.05, 3.63) is 29.0 Å². The zero-order chi connectivity index (χ0) is 10.8. The summed E-state index contributed by atoms with van der Waals surface area (Å²) in [6.45, 7) is 2.04. The first kappa shape index (κ1) is 10.4. The molecular formula is C11H13ClN2O. The van der Waals surface area contributed by atoms with Gasteiger partial charge in [-0.3, -0.25) is 4.79 Å². The molecule has 1 unspecified atom stereocenters. The van der Waals surface area contributed by atoms with E-state index in [1.807, 2.05) is 6.92 Å². The van der Waals surface area contributed by atoms with Crippen molar-refractivity contribution in [2.24, 2.45) is 5.92 Å². The van der Waals surface area contributed by atoms with Gasteiger partial charge < -0.3 is 5.32 Å². The van der Waals surface area contributed by atoms with E-state index in [2.05, 4.69) is 10.3 Å². The summed E-state index contributed by atoms with van der Waals surface area (Å²) in [6, 6.07) is 3.57. The molecule has 15 heavy (non-hydrogen) atoms. The number of pyridine rings is 1. The van der Waals surface area contributed by atoms with Crippen LogP contribution in [0.2, 0.25) is 5.15 Å². The summed E-state index contributed by atoms with van der Waals surface area (Å²) in [7, 11) is 0. The van der Waals surface area contributed by atoms with Gasteiger partial charge in [0.2, 0.25) is 0 Å². The lowest BCUT2D eigenvalue weighted by molar-refractivity contribution is 0.0935. The number of hydrogen-bond donors (Lipinski definition) is 1. The summed E-state index contributed by atoms with van der Waals surface area (Å²) in [5, 5.41) is 3.36. The molecule has 1 aliphatic rings. The van der Waals surface area contributed by atoms with E-state index in [-0.39, 0.29) is 11.9 Å². The van der Waals surface area contributed by atoms with Gasteiger partial charge in [-0.15, -0.1) is 0 Å². The molecule has 1 aromatic rings. The van der Waals surface area contributed by atoms with Gasteiger partial charge in [0, 0.05) is 12.2 Å². The highest BCUT2D eigenvalue weighted by molar-refractivity contribution is 6.29. The molecule has 2 rings (SSSR count). The predicted octanol–water partition coefficient (Wildman–Crippen LogP) is 2.26. The summed E-state index contributed by atoms with van der Waals surface area (Å²) in [6.07, 6.45) is 3.94. The lowest BCUT2D eigenvalue weighted by Crippen LogP contribution is -2.33. The minimum atomic E-state index is -0.0708. The van der Waals surface area contributed by atoms with Crippen molar-refractivity contribution in [2.45, 2.75) is 25.8 Å². The van der Waals surface area contributed by atoms with Crippen LogP contribution in [0.4, 0.5) is 0 Å². The maximum atomic E-state index is 11.7. The maximum absolute atomic E-state index is 11.7. The normalized spacial score (nSPS) is 17.2. The number of nitrogens with zero attached hydrogens (tertiary/aromatic N) is 1. The number of halogens is 1. The summed E-state index contributed by atoms with van der Waals surface area (Å²) in [5.41, 5.74) is 0.562. The Labute approximate surface area is 93.8 Å². The van der Waals surface area contributed by atoms with E-state index in [4.69, 9.17) is 11.6 Å². The topological polar surface area (TPSA) is 42.0 Å². The van der Waals surface area contributed by atoms with E-state index in [1.54, 1.807) is 12.1 Å². The summed E-state index contributed by atoms with van der Waals surface area (Å²) < 4.78 is 0. The smallest absolute Gasteiger partial charge is 0.253 e. The average molecular weight is 225 g/mol. The molecule has 1 fully saturated rings. The Hall–Kier alpha value is -1.09. The first-order valence-corrected chi connectivity index (χ1v) is 5.47. The molecule has 1 atom stereocenters. The Morgan fingerprint density at radius 2 is 2.33 bits per heavy atom. The minimum absolute atomic E-state index is 0.0708. The van der Waals surface area contributed by atoms with Crippen LogP contribution >= 0.6 is 11.6 Å². The SMILES string of the molecule is CC(NC(=O)c1ccc(Cl)nc1)C1CC1. The third-order valence-electron chi connectivity index (χ3n) is 2.68. The molecule has 80 valence electrons. The number of amides is 1. The Bertz CT molecular complexity index is 359. The summed E-state index contributed by atoms with van der Waals surface area (Å²) in [5.74, 6) is 0.591. The minimum Gasteiger partial charge on any atom is -0.349 e. The van der Waals surface area contributed by atoms with Gasteiger partial charge in [0.25, 0.3) is 5.91 Å². The van der Waals surface area contributed by atoms with Gasteiger partial charge in [-0.05, 0) is 37.8 Å². The number of rotatable bonds is 3. The second-order valence-electron chi connectivity index (χ2n) is 3.97. The predicted molar refractivity (Wildman–Crippen MR) is 58.9 cm³/mol. The first-order chi connectivity index (χ1) is 7.16. The van der Waals surface area contributed by atoms with E-state index in [9.17, 15) is 4.79 Å². The molecule has 0 saturated heterocycles. The molecule has 1 amide bonds. The number of nitrogens with one attached hydrogen (secondary N) is 1. The molecule has 0 bridgehead atoms. The van der Waals surface area contributed by atoms with Crippen LogP contribution in [0.5, 0.6) is 0 Å². The zero-order valence-corrected chi connectivity index (χ0v) is 9.29. The highest BCUT2D eigenvalue weighted by Gasteiger charge is 2.29. The quantitative estimate of drug-likeness (QED) is 0.801. The van der Waals surface area contributed by atoms with Crippen LogP contribution < -0.4 is 5.32 Å². The highest BCUT2D eigenvalue weighted by Crippen LogP contribution is 2.32. The van der Waals surface area contributed by atoms with Crippen LogP contribution in [-0.4, -0.2) is 16.9 Å². The van der Waals surface area contributed by atoms with E-state index in [0.29, 0.717) is 16.6 Å². The molecule has 0 aromatic carbocycles. The molecule has 3 nitrogen and oxygen atoms in total. The molecular weight excluding hydrogens is 212 g/mol. The number of hydrogen-bond acceptors (Lipinski definition) is 2. The van der Waals surface area contributed by atoms with Gasteiger partial charge in [0.15, 0.2) is 0 Å². The van der Waals surface area contributed by atoms with Crippen molar-refractivity contribution in [3.63, 3.8) is 0 Å². The third-order valence-corrected chi connectivity index (χ3v) is 2.90. The van der Waals surface area contributed by atoms with Crippen LogP contribution in [0.15, 0.2) is 18.3 Å². The highest BCUT2D eigenvalue weighted by atomic mass is 35.5. The molecule has 1 heterocycles. The van der Waals surface area contributed by atoms with Gasteiger partial charge in [0.1, 0.15) is 5.15 Å². The third kappa shape index (κ3) is 2.69. The first-order valence-electron chi connectivity index (χ1n) is 5.09. The van der Waals surface area contributed by atoms with Gasteiger partial charge >= 0.3 is 0 Å². The van der Waals surface area contributed by atoms with E-state index in [1.165, 1.54) is 19.0 Å². The maximum Gasteiger partial charge on any atom is 0.253 e. The number of carbonyl (C=O) groups is 1. The van der Waals surface area contributed by atoms with Crippen LogP contribution in [0.25, 0.3) is 0 Å². The molecule has 4 heteroatoms. The van der Waals surface area contributed by atoms with Gasteiger partial charge in [0.05, 0.1) is 5.56 Å². The fourth-order valence-corrected chi connectivity index (χ4v) is 1.63. The van der Waals surface area contributed by atoms with Crippen molar-refractivity contribution < 1.29 is 4.79 Å². The summed E-state index contributed by atoms with van der Waals surface area (Å²) >= 11 is 5.64. The van der Waals surface area contributed by atoms with Crippen LogP contribution in [0.3, 0.4) is 0 Å². The second-order valence-corrected chi connectivity index (χ2v) is 4.36. The largest absolute Gasteiger partial charge is 0.349 e. The lowest BCUT2D eigenvalue weighted by atomic mass is 10.2. The van der Waals surface area contributed by atoms with Crippen LogP contribution in [-0.2, 0) is 0 Å². The lowest BCUT2D eigenvalue weighted by Gasteiger charge is -2.12. The molecule has 1 saturated carbocycles.